The maximum atomic E-state index is 12.9. The van der Waals surface area contributed by atoms with Crippen molar-refractivity contribution in [1.82, 2.24) is 14.5 Å². The van der Waals surface area contributed by atoms with Crippen LogP contribution in [-0.4, -0.2) is 24.0 Å². The largest absolute Gasteiger partial charge is 0.396 e. The summed E-state index contributed by atoms with van der Waals surface area (Å²) < 4.78 is 15.1. The van der Waals surface area contributed by atoms with Crippen molar-refractivity contribution in [2.75, 3.05) is 5.73 Å². The molecule has 1 atom stereocenters. The van der Waals surface area contributed by atoms with Gasteiger partial charge in [-0.2, -0.15) is 0 Å². The van der Waals surface area contributed by atoms with Crippen molar-refractivity contribution in [2.45, 2.75) is 48.5 Å². The molecule has 1 aliphatic carbocycles. The summed E-state index contributed by atoms with van der Waals surface area (Å²) in [5.41, 5.74) is 9.13. The van der Waals surface area contributed by atoms with Crippen LogP contribution in [0.25, 0.3) is 21.6 Å². The van der Waals surface area contributed by atoms with Gasteiger partial charge in [-0.15, -0.1) is 11.3 Å². The van der Waals surface area contributed by atoms with Crippen LogP contribution in [-0.2, 0) is 17.8 Å². The maximum absolute atomic E-state index is 12.9. The molecule has 1 aliphatic rings. The second-order valence-corrected chi connectivity index (χ2v) is 10.2. The van der Waals surface area contributed by atoms with E-state index in [0.717, 1.165) is 39.3 Å². The summed E-state index contributed by atoms with van der Waals surface area (Å²) in [4.78, 5) is 21.8. The summed E-state index contributed by atoms with van der Waals surface area (Å²) in [7, 11) is 0.584. The van der Waals surface area contributed by atoms with Gasteiger partial charge in [-0.05, 0) is 30.4 Å². The molecule has 3 aromatic rings. The van der Waals surface area contributed by atoms with Gasteiger partial charge in [0.1, 0.15) is 9.04 Å². The molecule has 0 amide bonds. The Morgan fingerprint density at radius 3 is 2.63 bits per heavy atom. The van der Waals surface area contributed by atoms with Crippen molar-refractivity contribution in [1.29, 1.82) is 0 Å². The molecule has 0 saturated heterocycles. The van der Waals surface area contributed by atoms with Crippen molar-refractivity contribution in [2.24, 2.45) is 7.05 Å². The molecule has 3 heterocycles. The third-order valence-corrected chi connectivity index (χ3v) is 8.39. The number of hydrogen-bond acceptors (Lipinski definition) is 6. The average molecular weight is 403 g/mol. The van der Waals surface area contributed by atoms with Gasteiger partial charge in [-0.25, -0.2) is 9.97 Å². The highest BCUT2D eigenvalue weighted by Crippen LogP contribution is 2.43. The van der Waals surface area contributed by atoms with Crippen molar-refractivity contribution >= 4 is 38.0 Å². The smallest absolute Gasteiger partial charge is 0.253 e. The molecule has 1 fully saturated rings. The number of hydrogen-bond donors (Lipinski definition) is 1. The minimum Gasteiger partial charge on any atom is -0.396 e. The van der Waals surface area contributed by atoms with Crippen LogP contribution < -0.4 is 11.3 Å². The Morgan fingerprint density at radius 2 is 2.04 bits per heavy atom. The first-order valence-electron chi connectivity index (χ1n) is 9.03. The highest BCUT2D eigenvalue weighted by Gasteiger charge is 2.29. The Kier molecular flexibility index (Phi) is 4.63. The second-order valence-electron chi connectivity index (χ2n) is 7.31. The number of rotatable bonds is 4. The molecule has 0 aromatic carbocycles. The van der Waals surface area contributed by atoms with Crippen LogP contribution in [0.2, 0.25) is 0 Å². The Labute approximate surface area is 163 Å². The lowest BCUT2D eigenvalue weighted by atomic mass is 9.99. The molecule has 2 N–H and O–H groups in total. The fourth-order valence-corrected chi connectivity index (χ4v) is 6.42. The molecule has 1 saturated carbocycles. The summed E-state index contributed by atoms with van der Waals surface area (Å²) in [6, 6.07) is 3.44. The van der Waals surface area contributed by atoms with Crippen LogP contribution in [0.15, 0.2) is 27.5 Å². The van der Waals surface area contributed by atoms with Gasteiger partial charge in [-0.1, -0.05) is 20.3 Å². The Morgan fingerprint density at radius 1 is 1.30 bits per heavy atom. The molecule has 0 spiro atoms. The SMILES string of the molecule is CC(C)c1cc(-c2cc(=O)n(C)cn2)nc2sc(S(=O)C3CCC3)c(N)c12. The summed E-state index contributed by atoms with van der Waals surface area (Å²) in [6.07, 6.45) is 4.62. The van der Waals surface area contributed by atoms with E-state index in [1.807, 2.05) is 6.07 Å². The van der Waals surface area contributed by atoms with Gasteiger partial charge < -0.3 is 10.3 Å². The molecular formula is C19H22N4O2S2. The third-order valence-electron chi connectivity index (χ3n) is 5.10. The fraction of sp³-hybridized carbons (Fsp3) is 0.421. The Bertz CT molecular complexity index is 1110. The lowest BCUT2D eigenvalue weighted by Crippen LogP contribution is -2.23. The number of pyridine rings is 1. The van der Waals surface area contributed by atoms with Crippen LogP contribution in [0.3, 0.4) is 0 Å². The number of aromatic nitrogens is 3. The van der Waals surface area contributed by atoms with Gasteiger partial charge in [-0.3, -0.25) is 9.00 Å². The maximum Gasteiger partial charge on any atom is 0.253 e. The van der Waals surface area contributed by atoms with Crippen LogP contribution >= 0.6 is 11.3 Å². The van der Waals surface area contributed by atoms with E-state index >= 15 is 0 Å². The number of anilines is 1. The Hall–Kier alpha value is -2.06. The molecule has 6 nitrogen and oxygen atoms in total. The van der Waals surface area contributed by atoms with E-state index in [1.165, 1.54) is 28.3 Å². The van der Waals surface area contributed by atoms with Gasteiger partial charge in [0.15, 0.2) is 0 Å². The highest BCUT2D eigenvalue weighted by atomic mass is 32.2. The number of nitrogens with two attached hydrogens (primary N) is 1. The monoisotopic (exact) mass is 402 g/mol. The van der Waals surface area contributed by atoms with Crippen LogP contribution in [0.4, 0.5) is 5.69 Å². The first-order valence-corrected chi connectivity index (χ1v) is 11.1. The van der Waals surface area contributed by atoms with Crippen LogP contribution in [0, 0.1) is 0 Å². The Balaban J connectivity index is 1.91. The third kappa shape index (κ3) is 3.10. The van der Waals surface area contributed by atoms with Crippen LogP contribution in [0.5, 0.6) is 0 Å². The van der Waals surface area contributed by atoms with Crippen LogP contribution in [0.1, 0.15) is 44.6 Å². The molecular weight excluding hydrogens is 380 g/mol. The molecule has 4 rings (SSSR count). The average Bonchev–Trinajstić information content (AvgIpc) is 2.91. The van der Waals surface area contributed by atoms with Crippen molar-refractivity contribution in [3.63, 3.8) is 0 Å². The summed E-state index contributed by atoms with van der Waals surface area (Å²) in [6.45, 7) is 4.19. The zero-order valence-corrected chi connectivity index (χ0v) is 17.2. The molecule has 1 unspecified atom stereocenters. The lowest BCUT2D eigenvalue weighted by Gasteiger charge is -2.23. The molecule has 3 aromatic heterocycles. The number of nitrogens with zero attached hydrogens (tertiary/aromatic N) is 3. The number of aryl methyl sites for hydroxylation is 1. The molecule has 8 heteroatoms. The first kappa shape index (κ1) is 18.3. The van der Waals surface area contributed by atoms with Gasteiger partial charge in [0, 0.05) is 23.8 Å². The van der Waals surface area contributed by atoms with Crippen molar-refractivity contribution in [3.05, 3.63) is 34.4 Å². The first-order chi connectivity index (χ1) is 12.9. The highest BCUT2D eigenvalue weighted by molar-refractivity contribution is 7.88. The van der Waals surface area contributed by atoms with E-state index in [1.54, 1.807) is 7.05 Å². The minimum atomic E-state index is -1.08. The molecule has 0 radical (unpaired) electrons. The zero-order valence-electron chi connectivity index (χ0n) is 15.6. The van der Waals surface area contributed by atoms with E-state index in [0.29, 0.717) is 17.1 Å². The zero-order chi connectivity index (χ0) is 19.3. The van der Waals surface area contributed by atoms with E-state index < -0.39 is 10.8 Å². The molecule has 0 bridgehead atoms. The fourth-order valence-electron chi connectivity index (χ4n) is 3.20. The minimum absolute atomic E-state index is 0.134. The van der Waals surface area contributed by atoms with Crippen molar-refractivity contribution in [3.8, 4) is 11.4 Å². The van der Waals surface area contributed by atoms with Crippen molar-refractivity contribution < 1.29 is 4.21 Å². The predicted molar refractivity (Wildman–Crippen MR) is 111 cm³/mol. The topological polar surface area (TPSA) is 90.9 Å². The number of nitrogen functional groups attached to an aromatic ring is 1. The number of thiophene rings is 1. The quantitative estimate of drug-likeness (QED) is 0.722. The summed E-state index contributed by atoms with van der Waals surface area (Å²) in [5, 5.41) is 1.10. The molecule has 142 valence electrons. The summed E-state index contributed by atoms with van der Waals surface area (Å²) >= 11 is 1.41. The van der Waals surface area contributed by atoms with E-state index in [2.05, 4.69) is 18.8 Å². The second kappa shape index (κ2) is 6.83. The number of fused-ring (bicyclic) bond motifs is 1. The molecule has 0 aliphatic heterocycles. The lowest BCUT2D eigenvalue weighted by molar-refractivity contribution is 0.505. The molecule has 27 heavy (non-hydrogen) atoms. The van der Waals surface area contributed by atoms with E-state index in [9.17, 15) is 9.00 Å². The van der Waals surface area contributed by atoms with Gasteiger partial charge in [0.25, 0.3) is 5.56 Å². The van der Waals surface area contributed by atoms with Gasteiger partial charge >= 0.3 is 0 Å². The summed E-state index contributed by atoms with van der Waals surface area (Å²) in [5.74, 6) is 0.211. The van der Waals surface area contributed by atoms with Gasteiger partial charge in [0.2, 0.25) is 0 Å². The normalized spacial score (nSPS) is 16.0. The standard InChI is InChI=1S/C19H22N4O2S2/c1-10(2)12-7-14(13-8-15(24)23(3)9-21-13)22-18-16(12)17(20)19(26-18)27(25)11-5-4-6-11/h7-11H,4-6,20H2,1-3H3. The predicted octanol–water partition coefficient (Wildman–Crippen LogP) is 3.42. The van der Waals surface area contributed by atoms with E-state index in [4.69, 9.17) is 10.7 Å². The van der Waals surface area contributed by atoms with Gasteiger partial charge in [0.05, 0.1) is 34.2 Å². The van der Waals surface area contributed by atoms with E-state index in [-0.39, 0.29) is 16.7 Å².